The summed E-state index contributed by atoms with van der Waals surface area (Å²) in [5.41, 5.74) is 2.14. The number of benzene rings is 2. The first-order valence-corrected chi connectivity index (χ1v) is 9.85. The summed E-state index contributed by atoms with van der Waals surface area (Å²) in [6, 6.07) is 14.5. The van der Waals surface area contributed by atoms with Crippen molar-refractivity contribution in [3.8, 4) is 5.75 Å². The number of carbonyl (C=O) groups excluding carboxylic acids is 2. The quantitative estimate of drug-likeness (QED) is 0.471. The third-order valence-corrected chi connectivity index (χ3v) is 3.95. The highest BCUT2D eigenvalue weighted by atomic mass is 16.5. The lowest BCUT2D eigenvalue weighted by Gasteiger charge is -2.13. The van der Waals surface area contributed by atoms with Crippen LogP contribution in [0.1, 0.15) is 26.7 Å². The molecule has 0 saturated carbocycles. The predicted octanol–water partition coefficient (Wildman–Crippen LogP) is 3.89. The molecule has 0 heterocycles. The molecule has 0 aliphatic heterocycles. The fourth-order valence-electron chi connectivity index (χ4n) is 2.55. The number of carbonyl (C=O) groups is 2. The van der Waals surface area contributed by atoms with Crippen LogP contribution in [0.3, 0.4) is 0 Å². The van der Waals surface area contributed by atoms with Crippen molar-refractivity contribution in [2.24, 2.45) is 0 Å². The number of rotatable bonds is 12. The summed E-state index contributed by atoms with van der Waals surface area (Å²) < 4.78 is 10.9. The zero-order valence-corrected chi connectivity index (χ0v) is 17.0. The minimum Gasteiger partial charge on any atom is -0.489 e. The van der Waals surface area contributed by atoms with E-state index in [0.29, 0.717) is 37.7 Å². The van der Waals surface area contributed by atoms with Gasteiger partial charge >= 0.3 is 0 Å². The molecule has 29 heavy (non-hydrogen) atoms. The molecule has 0 spiro atoms. The van der Waals surface area contributed by atoms with Crippen LogP contribution in [0.5, 0.6) is 5.75 Å². The highest BCUT2D eigenvalue weighted by Crippen LogP contribution is 2.23. The van der Waals surface area contributed by atoms with Gasteiger partial charge in [-0.2, -0.15) is 0 Å². The lowest BCUT2D eigenvalue weighted by Crippen LogP contribution is -2.22. The van der Waals surface area contributed by atoms with Crippen molar-refractivity contribution >= 4 is 28.9 Å². The van der Waals surface area contributed by atoms with Gasteiger partial charge in [0.15, 0.2) is 0 Å². The molecule has 0 aliphatic rings. The van der Waals surface area contributed by atoms with Crippen LogP contribution < -0.4 is 20.7 Å². The third kappa shape index (κ3) is 8.23. The van der Waals surface area contributed by atoms with Crippen LogP contribution in [0.4, 0.5) is 17.1 Å². The van der Waals surface area contributed by atoms with E-state index in [1.807, 2.05) is 38.1 Å². The van der Waals surface area contributed by atoms with E-state index >= 15 is 0 Å². The Kier molecular flexibility index (Phi) is 9.51. The van der Waals surface area contributed by atoms with Gasteiger partial charge in [0.2, 0.25) is 11.8 Å². The molecule has 2 amide bonds. The highest BCUT2D eigenvalue weighted by Gasteiger charge is 2.08. The Bertz CT molecular complexity index is 778. The minimum absolute atomic E-state index is 0.00488. The Morgan fingerprint density at radius 2 is 1.59 bits per heavy atom. The molecular formula is C22H29N3O4. The third-order valence-electron chi connectivity index (χ3n) is 3.95. The minimum atomic E-state index is -0.189. The molecule has 0 aromatic heterocycles. The van der Waals surface area contributed by atoms with Gasteiger partial charge < -0.3 is 25.4 Å². The van der Waals surface area contributed by atoms with Crippen molar-refractivity contribution in [1.82, 2.24) is 0 Å². The van der Waals surface area contributed by atoms with Gasteiger partial charge in [0.1, 0.15) is 12.4 Å². The molecule has 0 bridgehead atoms. The molecule has 7 heteroatoms. The van der Waals surface area contributed by atoms with E-state index in [2.05, 4.69) is 16.0 Å². The van der Waals surface area contributed by atoms with Gasteiger partial charge in [-0.25, -0.2) is 0 Å². The lowest BCUT2D eigenvalue weighted by molar-refractivity contribution is -0.116. The molecule has 2 aromatic rings. The molecule has 0 radical (unpaired) electrons. The van der Waals surface area contributed by atoms with Crippen molar-refractivity contribution in [3.05, 3.63) is 48.5 Å². The van der Waals surface area contributed by atoms with Crippen LogP contribution in [0.2, 0.25) is 0 Å². The first-order valence-electron chi connectivity index (χ1n) is 9.85. The summed E-state index contributed by atoms with van der Waals surface area (Å²) in [5.74, 6) is 0.411. The van der Waals surface area contributed by atoms with Crippen molar-refractivity contribution in [2.75, 3.05) is 42.3 Å². The zero-order chi connectivity index (χ0) is 20.9. The monoisotopic (exact) mass is 399 g/mol. The van der Waals surface area contributed by atoms with Crippen LogP contribution in [-0.2, 0) is 14.3 Å². The molecular weight excluding hydrogens is 370 g/mol. The normalized spacial score (nSPS) is 10.3. The maximum absolute atomic E-state index is 12.3. The van der Waals surface area contributed by atoms with E-state index in [1.165, 1.54) is 0 Å². The summed E-state index contributed by atoms with van der Waals surface area (Å²) in [7, 11) is 0. The van der Waals surface area contributed by atoms with Gasteiger partial charge in [-0.3, -0.25) is 9.59 Å². The second-order valence-corrected chi connectivity index (χ2v) is 6.32. The predicted molar refractivity (Wildman–Crippen MR) is 116 cm³/mol. The second-order valence-electron chi connectivity index (χ2n) is 6.32. The van der Waals surface area contributed by atoms with Crippen LogP contribution in [0.15, 0.2) is 48.5 Å². The topological polar surface area (TPSA) is 88.7 Å². The van der Waals surface area contributed by atoms with Crippen LogP contribution >= 0.6 is 0 Å². The number of nitrogens with one attached hydrogen (secondary N) is 3. The number of anilines is 3. The Labute approximate surface area is 171 Å². The van der Waals surface area contributed by atoms with Gasteiger partial charge in [0.05, 0.1) is 18.8 Å². The first kappa shape index (κ1) is 22.2. The van der Waals surface area contributed by atoms with E-state index in [4.69, 9.17) is 9.47 Å². The molecule has 0 fully saturated rings. The number of ether oxygens (including phenoxy) is 2. The first-order chi connectivity index (χ1) is 14.1. The smallest absolute Gasteiger partial charge is 0.243 e. The lowest BCUT2D eigenvalue weighted by atomic mass is 10.2. The molecule has 0 aliphatic carbocycles. The van der Waals surface area contributed by atoms with E-state index in [1.54, 1.807) is 24.3 Å². The fourth-order valence-corrected chi connectivity index (χ4v) is 2.55. The average molecular weight is 399 g/mol. The van der Waals surface area contributed by atoms with Gasteiger partial charge in [0.25, 0.3) is 0 Å². The SMILES string of the molecule is CCCC(=O)Nc1ccc(NCC(=O)Nc2ccccc2OCCOCC)cc1. The Morgan fingerprint density at radius 3 is 2.31 bits per heavy atom. The van der Waals surface area contributed by atoms with Gasteiger partial charge in [-0.05, 0) is 49.7 Å². The van der Waals surface area contributed by atoms with Gasteiger partial charge in [0, 0.05) is 24.4 Å². The van der Waals surface area contributed by atoms with Crippen molar-refractivity contribution in [3.63, 3.8) is 0 Å². The van der Waals surface area contributed by atoms with Crippen molar-refractivity contribution in [1.29, 1.82) is 0 Å². The zero-order valence-electron chi connectivity index (χ0n) is 17.0. The molecule has 0 atom stereocenters. The van der Waals surface area contributed by atoms with Gasteiger partial charge in [-0.15, -0.1) is 0 Å². The van der Waals surface area contributed by atoms with E-state index in [-0.39, 0.29) is 18.4 Å². The fraction of sp³-hybridized carbons (Fsp3) is 0.364. The Hall–Kier alpha value is -3.06. The molecule has 0 unspecified atom stereocenters. The van der Waals surface area contributed by atoms with Crippen LogP contribution in [-0.4, -0.2) is 38.2 Å². The molecule has 3 N–H and O–H groups in total. The summed E-state index contributed by atoms with van der Waals surface area (Å²) in [5, 5.41) is 8.74. The summed E-state index contributed by atoms with van der Waals surface area (Å²) >= 11 is 0. The molecule has 7 nitrogen and oxygen atoms in total. The number of hydrogen-bond donors (Lipinski definition) is 3. The Balaban J connectivity index is 1.82. The molecule has 2 rings (SSSR count). The van der Waals surface area contributed by atoms with Crippen molar-refractivity contribution < 1.29 is 19.1 Å². The number of hydrogen-bond acceptors (Lipinski definition) is 5. The molecule has 2 aromatic carbocycles. The highest BCUT2D eigenvalue weighted by molar-refractivity contribution is 5.95. The maximum atomic E-state index is 12.3. The average Bonchev–Trinajstić information content (AvgIpc) is 2.72. The molecule has 156 valence electrons. The maximum Gasteiger partial charge on any atom is 0.243 e. The van der Waals surface area contributed by atoms with Crippen LogP contribution in [0, 0.1) is 0 Å². The van der Waals surface area contributed by atoms with E-state index in [9.17, 15) is 9.59 Å². The molecule has 0 saturated heterocycles. The van der Waals surface area contributed by atoms with Crippen LogP contribution in [0.25, 0.3) is 0 Å². The van der Waals surface area contributed by atoms with E-state index in [0.717, 1.165) is 17.8 Å². The largest absolute Gasteiger partial charge is 0.489 e. The summed E-state index contributed by atoms with van der Waals surface area (Å²) in [4.78, 5) is 23.9. The number of para-hydroxylation sites is 2. The van der Waals surface area contributed by atoms with Crippen molar-refractivity contribution in [2.45, 2.75) is 26.7 Å². The number of amides is 2. The second kappa shape index (κ2) is 12.4. The summed E-state index contributed by atoms with van der Waals surface area (Å²) in [6.07, 6.45) is 1.30. The summed E-state index contributed by atoms with van der Waals surface area (Å²) in [6.45, 7) is 5.55. The Morgan fingerprint density at radius 1 is 0.862 bits per heavy atom. The standard InChI is InChI=1S/C22H29N3O4/c1-3-7-21(26)24-18-12-10-17(11-13-18)23-16-22(27)25-19-8-5-6-9-20(19)29-15-14-28-4-2/h5-6,8-13,23H,3-4,7,14-16H2,1-2H3,(H,24,26)(H,25,27). The van der Waals surface area contributed by atoms with E-state index < -0.39 is 0 Å². The van der Waals surface area contributed by atoms with Gasteiger partial charge in [-0.1, -0.05) is 19.1 Å².